The van der Waals surface area contributed by atoms with Gasteiger partial charge in [0.15, 0.2) is 17.5 Å². The highest BCUT2D eigenvalue weighted by atomic mass is 19.2. The molecule has 178 valence electrons. The lowest BCUT2D eigenvalue weighted by Crippen LogP contribution is -2.49. The third-order valence-corrected chi connectivity index (χ3v) is 6.93. The van der Waals surface area contributed by atoms with Gasteiger partial charge in [0.1, 0.15) is 12.1 Å². The molecule has 5 heterocycles. The van der Waals surface area contributed by atoms with Gasteiger partial charge in [0.25, 0.3) is 5.91 Å². The Bertz CT molecular complexity index is 1410. The Labute approximate surface area is 198 Å². The van der Waals surface area contributed by atoms with E-state index in [4.69, 9.17) is 0 Å². The van der Waals surface area contributed by atoms with Gasteiger partial charge in [-0.3, -0.25) is 14.0 Å². The van der Waals surface area contributed by atoms with Crippen LogP contribution in [0.4, 0.5) is 13.2 Å². The Morgan fingerprint density at radius 2 is 1.91 bits per heavy atom. The summed E-state index contributed by atoms with van der Waals surface area (Å²) in [5, 5.41) is 4.66. The van der Waals surface area contributed by atoms with Crippen LogP contribution >= 0.6 is 0 Å². The molecule has 1 saturated heterocycles. The Morgan fingerprint density at radius 3 is 2.60 bits per heavy atom. The van der Waals surface area contributed by atoms with Crippen molar-refractivity contribution in [3.05, 3.63) is 83.5 Å². The van der Waals surface area contributed by atoms with Crippen molar-refractivity contribution >= 4 is 5.91 Å². The molecule has 1 amide bonds. The molecule has 0 aliphatic carbocycles. The maximum Gasteiger partial charge on any atom is 0.256 e. The van der Waals surface area contributed by atoms with Crippen molar-refractivity contribution in [1.82, 2.24) is 29.2 Å². The van der Waals surface area contributed by atoms with Gasteiger partial charge < -0.3 is 4.90 Å². The molecule has 0 spiro atoms. The summed E-state index contributed by atoms with van der Waals surface area (Å²) < 4.78 is 44.9. The fourth-order valence-corrected chi connectivity index (χ4v) is 5.41. The van der Waals surface area contributed by atoms with Crippen molar-refractivity contribution in [3.63, 3.8) is 0 Å². The first-order valence-corrected chi connectivity index (χ1v) is 11.4. The van der Waals surface area contributed by atoms with E-state index >= 15 is 0 Å². The van der Waals surface area contributed by atoms with Gasteiger partial charge in [-0.25, -0.2) is 23.1 Å². The van der Waals surface area contributed by atoms with Crippen molar-refractivity contribution in [1.29, 1.82) is 0 Å². The minimum Gasteiger partial charge on any atom is -0.327 e. The monoisotopic (exact) mass is 478 g/mol. The summed E-state index contributed by atoms with van der Waals surface area (Å²) in [6.45, 7) is 0. The number of hydrogen-bond donors (Lipinski definition) is 0. The SMILES string of the molecule is Cn1nc2c(c1-c1cc(F)c(F)c(F)c1)C[C@@H]1CCC[C@H]2N1C(=O)c1ccc(-n2ccnc2)nc1. The second-order valence-electron chi connectivity index (χ2n) is 8.98. The summed E-state index contributed by atoms with van der Waals surface area (Å²) in [6, 6.07) is 5.18. The van der Waals surface area contributed by atoms with Crippen LogP contribution in [0.3, 0.4) is 0 Å². The van der Waals surface area contributed by atoms with E-state index in [2.05, 4.69) is 15.1 Å². The van der Waals surface area contributed by atoms with Crippen LogP contribution in [-0.4, -0.2) is 41.2 Å². The number of aromatic nitrogens is 5. The van der Waals surface area contributed by atoms with Crippen LogP contribution in [-0.2, 0) is 13.5 Å². The summed E-state index contributed by atoms with van der Waals surface area (Å²) in [6.07, 6.45) is 9.63. The molecule has 10 heteroatoms. The molecule has 0 N–H and O–H groups in total. The molecule has 7 nitrogen and oxygen atoms in total. The van der Waals surface area contributed by atoms with E-state index in [1.807, 2.05) is 4.90 Å². The average Bonchev–Trinajstić information content (AvgIpc) is 3.50. The smallest absolute Gasteiger partial charge is 0.256 e. The van der Waals surface area contributed by atoms with Gasteiger partial charge in [-0.1, -0.05) is 0 Å². The molecule has 0 saturated carbocycles. The Kier molecular flexibility index (Phi) is 4.98. The molecule has 2 atom stereocenters. The summed E-state index contributed by atoms with van der Waals surface area (Å²) >= 11 is 0. The first-order valence-electron chi connectivity index (χ1n) is 11.4. The number of pyridine rings is 1. The number of hydrogen-bond acceptors (Lipinski definition) is 4. The minimum atomic E-state index is -1.49. The zero-order chi connectivity index (χ0) is 24.3. The van der Waals surface area contributed by atoms with Crippen molar-refractivity contribution in [2.45, 2.75) is 37.8 Å². The summed E-state index contributed by atoms with van der Waals surface area (Å²) in [4.78, 5) is 23.9. The highest BCUT2D eigenvalue weighted by Crippen LogP contribution is 2.45. The van der Waals surface area contributed by atoms with Crippen LogP contribution < -0.4 is 0 Å². The molecule has 0 radical (unpaired) electrons. The Hall–Kier alpha value is -3.95. The van der Waals surface area contributed by atoms with Crippen molar-refractivity contribution in [2.75, 3.05) is 0 Å². The van der Waals surface area contributed by atoms with Crippen molar-refractivity contribution < 1.29 is 18.0 Å². The van der Waals surface area contributed by atoms with E-state index in [1.54, 1.807) is 53.3 Å². The maximum absolute atomic E-state index is 14.0. The number of piperidine rings is 1. The lowest BCUT2D eigenvalue weighted by molar-refractivity contribution is 0.0391. The lowest BCUT2D eigenvalue weighted by atomic mass is 9.81. The second-order valence-corrected chi connectivity index (χ2v) is 8.98. The molecule has 1 aromatic carbocycles. The fraction of sp³-hybridized carbons (Fsp3) is 0.280. The number of imidazole rings is 1. The number of rotatable bonds is 3. The Balaban J connectivity index is 1.37. The van der Waals surface area contributed by atoms with E-state index in [0.717, 1.165) is 42.7 Å². The molecule has 2 aliphatic rings. The largest absolute Gasteiger partial charge is 0.327 e. The van der Waals surface area contributed by atoms with Crippen LogP contribution in [0.5, 0.6) is 0 Å². The molecule has 4 aromatic rings. The molecule has 35 heavy (non-hydrogen) atoms. The van der Waals surface area contributed by atoms with Gasteiger partial charge in [0, 0.05) is 42.8 Å². The van der Waals surface area contributed by atoms with Crippen LogP contribution in [0.1, 0.15) is 46.9 Å². The average molecular weight is 478 g/mol. The van der Waals surface area contributed by atoms with Crippen LogP contribution in [0.15, 0.2) is 49.2 Å². The zero-order valence-electron chi connectivity index (χ0n) is 18.8. The molecular formula is C25H21F3N6O. The number of amides is 1. The first kappa shape index (κ1) is 21.6. The summed E-state index contributed by atoms with van der Waals surface area (Å²) in [7, 11) is 1.70. The quantitative estimate of drug-likeness (QED) is 0.410. The van der Waals surface area contributed by atoms with Gasteiger partial charge >= 0.3 is 0 Å². The van der Waals surface area contributed by atoms with E-state index in [1.165, 1.54) is 0 Å². The third kappa shape index (κ3) is 3.43. The number of halogens is 3. The van der Waals surface area contributed by atoms with E-state index in [-0.39, 0.29) is 23.6 Å². The van der Waals surface area contributed by atoms with E-state index in [9.17, 15) is 18.0 Å². The fourth-order valence-electron chi connectivity index (χ4n) is 5.41. The number of carbonyl (C=O) groups is 1. The normalized spacial score (nSPS) is 19.0. The topological polar surface area (TPSA) is 68.8 Å². The van der Waals surface area contributed by atoms with Gasteiger partial charge in [-0.05, 0) is 49.9 Å². The highest BCUT2D eigenvalue weighted by molar-refractivity contribution is 5.95. The van der Waals surface area contributed by atoms with E-state index < -0.39 is 17.5 Å². The number of benzene rings is 1. The number of carbonyl (C=O) groups excluding carboxylic acids is 1. The molecule has 6 rings (SSSR count). The van der Waals surface area contributed by atoms with Gasteiger partial charge in [0.2, 0.25) is 0 Å². The molecule has 0 unspecified atom stereocenters. The van der Waals surface area contributed by atoms with Crippen LogP contribution in [0.25, 0.3) is 17.1 Å². The Morgan fingerprint density at radius 1 is 1.11 bits per heavy atom. The maximum atomic E-state index is 14.0. The lowest BCUT2D eigenvalue weighted by Gasteiger charge is -2.45. The second kappa shape index (κ2) is 8.07. The van der Waals surface area contributed by atoms with Crippen LogP contribution in [0.2, 0.25) is 0 Å². The highest BCUT2D eigenvalue weighted by Gasteiger charge is 2.43. The summed E-state index contributed by atoms with van der Waals surface area (Å²) in [5.41, 5.74) is 2.83. The molecule has 3 aromatic heterocycles. The molecule has 2 aliphatic heterocycles. The number of fused-ring (bicyclic) bond motifs is 4. The molecular weight excluding hydrogens is 457 g/mol. The number of aryl methyl sites for hydroxylation is 1. The zero-order valence-corrected chi connectivity index (χ0v) is 18.8. The first-order chi connectivity index (χ1) is 16.9. The van der Waals surface area contributed by atoms with Gasteiger partial charge in [-0.2, -0.15) is 5.10 Å². The molecule has 1 fully saturated rings. The standard InChI is InChI=1S/C25H21F3N6O/c1-32-24(15-9-18(26)22(28)19(27)10-15)17-11-16-3-2-4-20(23(17)31-32)34(16)25(35)14-5-6-21(30-12-14)33-8-7-29-13-33/h5-10,12-13,16,20H,2-4,11H2,1H3/t16-,20+/m0/s1. The van der Waals surface area contributed by atoms with Gasteiger partial charge in [-0.15, -0.1) is 0 Å². The van der Waals surface area contributed by atoms with Gasteiger partial charge in [0.05, 0.1) is 23.0 Å². The van der Waals surface area contributed by atoms with Crippen molar-refractivity contribution in [3.8, 4) is 17.1 Å². The van der Waals surface area contributed by atoms with Crippen LogP contribution in [0, 0.1) is 17.5 Å². The van der Waals surface area contributed by atoms with Crippen molar-refractivity contribution in [2.24, 2.45) is 7.05 Å². The summed E-state index contributed by atoms with van der Waals surface area (Å²) in [5.74, 6) is -3.44. The molecule has 2 bridgehead atoms. The third-order valence-electron chi connectivity index (χ3n) is 6.93. The minimum absolute atomic E-state index is 0.0832. The van der Waals surface area contributed by atoms with E-state index in [0.29, 0.717) is 23.5 Å². The predicted molar refractivity (Wildman–Crippen MR) is 120 cm³/mol. The number of nitrogens with zero attached hydrogens (tertiary/aromatic N) is 6. The predicted octanol–water partition coefficient (Wildman–Crippen LogP) is 4.38.